The summed E-state index contributed by atoms with van der Waals surface area (Å²) in [6.07, 6.45) is 36.5. The van der Waals surface area contributed by atoms with E-state index in [4.69, 9.17) is 14.2 Å². The standard InChI is InChI=1S/C66H102O9/c1-4-7-10-13-16-19-22-25-28-31-34-73-64-58(46-67)40-55(41-59(64)47-68)52-37-53(56-42-60(48-69)65(61(43-56)49-70)74-35-32-29-26-23-20-17-14-11-8-5-2)39-54(38-52)57-44-62(50-71)66(63(45-57)51-72)75-36-33-30-27-24-21-18-15-12-9-6-3/h37-45,67-72H,4-36,46-51H2,1-3H3. The van der Waals surface area contributed by atoms with E-state index in [2.05, 4.69) is 20.8 Å². The van der Waals surface area contributed by atoms with Crippen molar-refractivity contribution in [1.82, 2.24) is 0 Å². The Kier molecular flexibility index (Phi) is 33.4. The first kappa shape index (κ1) is 63.6. The van der Waals surface area contributed by atoms with E-state index in [1.54, 1.807) is 0 Å². The summed E-state index contributed by atoms with van der Waals surface area (Å²) in [7, 11) is 0. The molecule has 0 bridgehead atoms. The van der Waals surface area contributed by atoms with Gasteiger partial charge in [-0.3, -0.25) is 0 Å². The minimum atomic E-state index is -0.276. The van der Waals surface area contributed by atoms with Crippen LogP contribution < -0.4 is 14.2 Å². The lowest BCUT2D eigenvalue weighted by Gasteiger charge is -2.20. The summed E-state index contributed by atoms with van der Waals surface area (Å²) in [6.45, 7) is 6.57. The van der Waals surface area contributed by atoms with Crippen LogP contribution in [0.15, 0.2) is 54.6 Å². The van der Waals surface area contributed by atoms with Gasteiger partial charge in [-0.25, -0.2) is 0 Å². The van der Waals surface area contributed by atoms with E-state index in [-0.39, 0.29) is 39.6 Å². The van der Waals surface area contributed by atoms with Crippen LogP contribution >= 0.6 is 0 Å². The van der Waals surface area contributed by atoms with Crippen molar-refractivity contribution in [3.05, 3.63) is 88.0 Å². The van der Waals surface area contributed by atoms with Crippen LogP contribution in [0.5, 0.6) is 17.2 Å². The normalized spacial score (nSPS) is 11.5. The zero-order valence-electron chi connectivity index (χ0n) is 47.2. The van der Waals surface area contributed by atoms with Crippen LogP contribution in [0.4, 0.5) is 0 Å². The molecule has 0 aromatic heterocycles. The Morgan fingerprint density at radius 1 is 0.227 bits per heavy atom. The van der Waals surface area contributed by atoms with Gasteiger partial charge in [-0.15, -0.1) is 0 Å². The Hall–Kier alpha value is -3.96. The van der Waals surface area contributed by atoms with E-state index in [1.165, 1.54) is 135 Å². The molecule has 0 saturated heterocycles. The van der Waals surface area contributed by atoms with Crippen LogP contribution in [0.1, 0.15) is 247 Å². The summed E-state index contributed by atoms with van der Waals surface area (Å²) < 4.78 is 19.0. The number of benzene rings is 4. The van der Waals surface area contributed by atoms with Gasteiger partial charge in [0.2, 0.25) is 0 Å². The van der Waals surface area contributed by atoms with Crippen molar-refractivity contribution in [2.45, 2.75) is 253 Å². The van der Waals surface area contributed by atoms with Crippen LogP contribution in [0.25, 0.3) is 33.4 Å². The van der Waals surface area contributed by atoms with Gasteiger partial charge in [0.25, 0.3) is 0 Å². The molecule has 0 aliphatic carbocycles. The van der Waals surface area contributed by atoms with Gasteiger partial charge in [0, 0.05) is 33.4 Å². The van der Waals surface area contributed by atoms with Gasteiger partial charge in [-0.1, -0.05) is 194 Å². The lowest BCUT2D eigenvalue weighted by Crippen LogP contribution is -2.05. The highest BCUT2D eigenvalue weighted by Crippen LogP contribution is 2.40. The van der Waals surface area contributed by atoms with Crippen LogP contribution in [0, 0.1) is 0 Å². The fourth-order valence-corrected chi connectivity index (χ4v) is 10.4. The van der Waals surface area contributed by atoms with Crippen molar-refractivity contribution in [3.63, 3.8) is 0 Å². The molecule has 0 atom stereocenters. The summed E-state index contributed by atoms with van der Waals surface area (Å²) in [5.74, 6) is 1.54. The molecule has 0 fully saturated rings. The van der Waals surface area contributed by atoms with Crippen molar-refractivity contribution < 1.29 is 44.8 Å². The third-order valence-corrected chi connectivity index (χ3v) is 14.9. The largest absolute Gasteiger partial charge is 0.493 e. The number of aliphatic hydroxyl groups is 6. The van der Waals surface area contributed by atoms with Gasteiger partial charge >= 0.3 is 0 Å². The maximum atomic E-state index is 10.8. The first-order valence-corrected chi connectivity index (χ1v) is 30.1. The molecular weight excluding hydrogens is 937 g/mol. The van der Waals surface area contributed by atoms with Gasteiger partial charge in [0.05, 0.1) is 59.5 Å². The van der Waals surface area contributed by atoms with Gasteiger partial charge < -0.3 is 44.8 Å². The Balaban J connectivity index is 1.63. The lowest BCUT2D eigenvalue weighted by atomic mass is 9.89. The van der Waals surface area contributed by atoms with E-state index in [9.17, 15) is 30.6 Å². The van der Waals surface area contributed by atoms with Crippen LogP contribution in [-0.4, -0.2) is 50.5 Å². The Labute approximate surface area is 454 Å². The van der Waals surface area contributed by atoms with Gasteiger partial charge in [-0.2, -0.15) is 0 Å². The second-order valence-corrected chi connectivity index (χ2v) is 21.2. The second kappa shape index (κ2) is 39.4. The van der Waals surface area contributed by atoms with Gasteiger partial charge in [0.15, 0.2) is 0 Å². The highest BCUT2D eigenvalue weighted by molar-refractivity contribution is 5.83. The third kappa shape index (κ3) is 22.9. The van der Waals surface area contributed by atoms with E-state index in [0.29, 0.717) is 70.4 Å². The van der Waals surface area contributed by atoms with Crippen molar-refractivity contribution in [3.8, 4) is 50.6 Å². The predicted octanol–water partition coefficient (Wildman–Crippen LogP) is 16.5. The fraction of sp³-hybridized carbons (Fsp3) is 0.636. The average molecular weight is 1040 g/mol. The molecule has 0 heterocycles. The molecule has 0 saturated carbocycles. The molecule has 9 nitrogen and oxygen atoms in total. The summed E-state index contributed by atoms with van der Waals surface area (Å²) in [5, 5.41) is 64.6. The van der Waals surface area contributed by atoms with Crippen LogP contribution in [0.3, 0.4) is 0 Å². The number of hydrogen-bond donors (Lipinski definition) is 6. The molecule has 75 heavy (non-hydrogen) atoms. The molecule has 0 aliphatic heterocycles. The predicted molar refractivity (Wildman–Crippen MR) is 310 cm³/mol. The first-order chi connectivity index (χ1) is 36.9. The van der Waals surface area contributed by atoms with Crippen LogP contribution in [-0.2, 0) is 39.6 Å². The Morgan fingerprint density at radius 2 is 0.387 bits per heavy atom. The number of ether oxygens (including phenoxy) is 3. The molecule has 4 aromatic carbocycles. The Bertz CT molecular complexity index is 1810. The molecule has 0 aliphatic rings. The second-order valence-electron chi connectivity index (χ2n) is 21.2. The van der Waals surface area contributed by atoms with Gasteiger partial charge in [-0.05, 0) is 107 Å². The topological polar surface area (TPSA) is 149 Å². The van der Waals surface area contributed by atoms with Crippen molar-refractivity contribution >= 4 is 0 Å². The molecule has 6 N–H and O–H groups in total. The molecule has 4 rings (SSSR count). The maximum Gasteiger partial charge on any atom is 0.130 e. The molecule has 0 amide bonds. The van der Waals surface area contributed by atoms with Crippen molar-refractivity contribution in [2.24, 2.45) is 0 Å². The maximum absolute atomic E-state index is 10.8. The minimum Gasteiger partial charge on any atom is -0.493 e. The molecule has 4 aromatic rings. The van der Waals surface area contributed by atoms with Crippen molar-refractivity contribution in [2.75, 3.05) is 19.8 Å². The number of hydrogen-bond acceptors (Lipinski definition) is 9. The van der Waals surface area contributed by atoms with E-state index in [1.807, 2.05) is 54.6 Å². The smallest absolute Gasteiger partial charge is 0.130 e. The molecule has 420 valence electrons. The number of unbranched alkanes of at least 4 members (excludes halogenated alkanes) is 27. The number of aliphatic hydroxyl groups excluding tert-OH is 6. The SMILES string of the molecule is CCCCCCCCCCCCOc1c(CO)cc(-c2cc(-c3cc(CO)c(OCCCCCCCCCCCC)c(CO)c3)cc(-c3cc(CO)c(OCCCCCCCCCCCC)c(CO)c3)c2)cc1CO. The lowest BCUT2D eigenvalue weighted by molar-refractivity contribution is 0.243. The van der Waals surface area contributed by atoms with E-state index >= 15 is 0 Å². The zero-order valence-corrected chi connectivity index (χ0v) is 47.2. The molecule has 9 heteroatoms. The monoisotopic (exact) mass is 1040 g/mol. The number of rotatable bonds is 45. The third-order valence-electron chi connectivity index (χ3n) is 14.9. The highest BCUT2D eigenvalue weighted by atomic mass is 16.5. The van der Waals surface area contributed by atoms with Crippen LogP contribution in [0.2, 0.25) is 0 Å². The average Bonchev–Trinajstić information content (AvgIpc) is 3.44. The Morgan fingerprint density at radius 3 is 0.560 bits per heavy atom. The van der Waals surface area contributed by atoms with E-state index < -0.39 is 0 Å². The minimum absolute atomic E-state index is 0.276. The highest BCUT2D eigenvalue weighted by Gasteiger charge is 2.19. The molecular formula is C66H102O9. The van der Waals surface area contributed by atoms with E-state index in [0.717, 1.165) is 91.2 Å². The summed E-state index contributed by atoms with van der Waals surface area (Å²) >= 11 is 0. The molecule has 0 radical (unpaired) electrons. The van der Waals surface area contributed by atoms with Crippen molar-refractivity contribution in [1.29, 1.82) is 0 Å². The van der Waals surface area contributed by atoms with Gasteiger partial charge in [0.1, 0.15) is 17.2 Å². The quantitative estimate of drug-likeness (QED) is 0.0238. The molecule has 0 spiro atoms. The summed E-state index contributed by atoms with van der Waals surface area (Å²) in [5.41, 5.74) is 8.17. The first-order valence-electron chi connectivity index (χ1n) is 30.1. The fourth-order valence-electron chi connectivity index (χ4n) is 10.4. The molecule has 0 unspecified atom stereocenters. The zero-order chi connectivity index (χ0) is 53.7. The summed E-state index contributed by atoms with van der Waals surface area (Å²) in [4.78, 5) is 0. The summed E-state index contributed by atoms with van der Waals surface area (Å²) in [6, 6.07) is 17.6.